The predicted molar refractivity (Wildman–Crippen MR) is 43.2 cm³/mol. The van der Waals surface area contributed by atoms with E-state index in [9.17, 15) is 4.39 Å². The normalized spacial score (nSPS) is 49.2. The van der Waals surface area contributed by atoms with Gasteiger partial charge in [0.1, 0.15) is 5.67 Å². The maximum atomic E-state index is 14.0. The molecule has 0 amide bonds. The molecule has 0 aromatic heterocycles. The molecule has 1 heterocycles. The minimum Gasteiger partial charge on any atom is -0.313 e. The van der Waals surface area contributed by atoms with Gasteiger partial charge in [0, 0.05) is 18.5 Å². The molecular formula is C9H14FN. The van der Waals surface area contributed by atoms with Crippen LogP contribution >= 0.6 is 0 Å². The van der Waals surface area contributed by atoms with Gasteiger partial charge in [-0.25, -0.2) is 4.39 Å². The first-order valence-electron chi connectivity index (χ1n) is 4.26. The Morgan fingerprint density at radius 2 is 2.18 bits per heavy atom. The Balaban J connectivity index is 2.35. The highest BCUT2D eigenvalue weighted by Crippen LogP contribution is 2.52. The number of nitrogens with one attached hydrogen (secondary N) is 1. The number of halogens is 1. The molecule has 1 nitrogen and oxygen atoms in total. The third kappa shape index (κ3) is 0.734. The van der Waals surface area contributed by atoms with Crippen LogP contribution in [0.1, 0.15) is 19.3 Å². The van der Waals surface area contributed by atoms with Crippen LogP contribution in [0.5, 0.6) is 0 Å². The van der Waals surface area contributed by atoms with Gasteiger partial charge in [-0.05, 0) is 19.3 Å². The summed E-state index contributed by atoms with van der Waals surface area (Å²) in [6, 6.07) is 0. The zero-order valence-electron chi connectivity index (χ0n) is 6.70. The molecule has 2 rings (SSSR count). The molecule has 2 aliphatic rings. The summed E-state index contributed by atoms with van der Waals surface area (Å²) in [6.45, 7) is 5.05. The molecule has 1 N–H and O–H groups in total. The molecule has 0 spiro atoms. The summed E-state index contributed by atoms with van der Waals surface area (Å²) in [4.78, 5) is 0. The lowest BCUT2D eigenvalue weighted by Gasteiger charge is -2.29. The van der Waals surface area contributed by atoms with Gasteiger partial charge in [-0.3, -0.25) is 0 Å². The molecular weight excluding hydrogens is 141 g/mol. The van der Waals surface area contributed by atoms with Crippen LogP contribution in [0.4, 0.5) is 4.39 Å². The average molecular weight is 155 g/mol. The maximum Gasteiger partial charge on any atom is 0.133 e. The van der Waals surface area contributed by atoms with E-state index in [1.807, 2.05) is 6.08 Å². The maximum absolute atomic E-state index is 14.0. The van der Waals surface area contributed by atoms with Crippen molar-refractivity contribution >= 4 is 0 Å². The molecule has 2 heteroatoms. The molecule has 62 valence electrons. The van der Waals surface area contributed by atoms with Gasteiger partial charge in [0.25, 0.3) is 0 Å². The topological polar surface area (TPSA) is 12.0 Å². The van der Waals surface area contributed by atoms with Gasteiger partial charge in [0.15, 0.2) is 0 Å². The van der Waals surface area contributed by atoms with Crippen molar-refractivity contribution in [3.05, 3.63) is 12.7 Å². The van der Waals surface area contributed by atoms with Crippen LogP contribution in [0, 0.1) is 5.41 Å². The van der Waals surface area contributed by atoms with E-state index in [0.717, 1.165) is 19.4 Å². The van der Waals surface area contributed by atoms with Gasteiger partial charge < -0.3 is 5.32 Å². The minimum absolute atomic E-state index is 0.229. The summed E-state index contributed by atoms with van der Waals surface area (Å²) in [5.41, 5.74) is -1.21. The first-order chi connectivity index (χ1) is 5.22. The van der Waals surface area contributed by atoms with Crippen LogP contribution in [0.2, 0.25) is 0 Å². The minimum atomic E-state index is -0.977. The first kappa shape index (κ1) is 7.29. The third-order valence-electron chi connectivity index (χ3n) is 3.32. The van der Waals surface area contributed by atoms with E-state index in [0.29, 0.717) is 13.0 Å². The Morgan fingerprint density at radius 1 is 1.36 bits per heavy atom. The first-order valence-corrected chi connectivity index (χ1v) is 4.26. The molecule has 0 aromatic rings. The van der Waals surface area contributed by atoms with E-state index >= 15 is 0 Å². The predicted octanol–water partition coefficient (Wildman–Crippen LogP) is 1.65. The fourth-order valence-electron chi connectivity index (χ4n) is 2.51. The fraction of sp³-hybridized carbons (Fsp3) is 0.778. The second kappa shape index (κ2) is 2.07. The molecule has 1 saturated carbocycles. The van der Waals surface area contributed by atoms with Crippen LogP contribution in [0.15, 0.2) is 12.7 Å². The zero-order valence-corrected chi connectivity index (χ0v) is 6.70. The van der Waals surface area contributed by atoms with Crippen molar-refractivity contribution in [1.82, 2.24) is 5.32 Å². The summed E-state index contributed by atoms with van der Waals surface area (Å²) < 4.78 is 14.0. The highest BCUT2D eigenvalue weighted by molar-refractivity contribution is 5.18. The quantitative estimate of drug-likeness (QED) is 0.568. The summed E-state index contributed by atoms with van der Waals surface area (Å²) in [7, 11) is 0. The molecule has 2 fully saturated rings. The lowest BCUT2D eigenvalue weighted by atomic mass is 9.79. The monoisotopic (exact) mass is 155 g/mol. The lowest BCUT2D eigenvalue weighted by molar-refractivity contribution is 0.109. The number of fused-ring (bicyclic) bond motifs is 1. The molecule has 1 aliphatic carbocycles. The van der Waals surface area contributed by atoms with Gasteiger partial charge in [-0.15, -0.1) is 6.58 Å². The van der Waals surface area contributed by atoms with Crippen LogP contribution in [0.25, 0.3) is 0 Å². The Kier molecular flexibility index (Phi) is 1.37. The molecule has 1 aliphatic heterocycles. The third-order valence-corrected chi connectivity index (χ3v) is 3.32. The van der Waals surface area contributed by atoms with Gasteiger partial charge in [0.05, 0.1) is 0 Å². The van der Waals surface area contributed by atoms with Crippen molar-refractivity contribution in [2.45, 2.75) is 24.9 Å². The summed E-state index contributed by atoms with van der Waals surface area (Å²) in [6.07, 6.45) is 4.52. The fourth-order valence-corrected chi connectivity index (χ4v) is 2.51. The number of alkyl halides is 1. The van der Waals surface area contributed by atoms with Gasteiger partial charge >= 0.3 is 0 Å². The number of hydrogen-bond donors (Lipinski definition) is 1. The van der Waals surface area contributed by atoms with Crippen molar-refractivity contribution in [2.24, 2.45) is 5.41 Å². The summed E-state index contributed by atoms with van der Waals surface area (Å²) >= 11 is 0. The summed E-state index contributed by atoms with van der Waals surface area (Å²) in [5, 5.41) is 3.11. The van der Waals surface area contributed by atoms with Crippen molar-refractivity contribution in [3.63, 3.8) is 0 Å². The Hall–Kier alpha value is -0.370. The summed E-state index contributed by atoms with van der Waals surface area (Å²) in [5.74, 6) is 0. The van der Waals surface area contributed by atoms with Crippen LogP contribution in [-0.2, 0) is 0 Å². The number of rotatable bonds is 1. The highest BCUT2D eigenvalue weighted by Gasteiger charge is 2.56. The molecule has 2 atom stereocenters. The number of hydrogen-bond acceptors (Lipinski definition) is 1. The molecule has 11 heavy (non-hydrogen) atoms. The van der Waals surface area contributed by atoms with Crippen molar-refractivity contribution < 1.29 is 4.39 Å². The van der Waals surface area contributed by atoms with E-state index in [1.54, 1.807) is 0 Å². The van der Waals surface area contributed by atoms with Crippen molar-refractivity contribution in [3.8, 4) is 0 Å². The van der Waals surface area contributed by atoms with Crippen molar-refractivity contribution in [2.75, 3.05) is 13.1 Å². The molecule has 0 radical (unpaired) electrons. The largest absolute Gasteiger partial charge is 0.313 e. The van der Waals surface area contributed by atoms with Gasteiger partial charge in [0.2, 0.25) is 0 Å². The lowest BCUT2D eigenvalue weighted by Crippen LogP contribution is -2.36. The van der Waals surface area contributed by atoms with Gasteiger partial charge in [-0.2, -0.15) is 0 Å². The molecule has 0 bridgehead atoms. The second-order valence-corrected chi connectivity index (χ2v) is 3.78. The Bertz CT molecular complexity index is 178. The Labute approximate surface area is 66.7 Å². The van der Waals surface area contributed by atoms with E-state index in [-0.39, 0.29) is 5.41 Å². The molecule has 0 aromatic carbocycles. The van der Waals surface area contributed by atoms with E-state index in [1.165, 1.54) is 0 Å². The van der Waals surface area contributed by atoms with Crippen LogP contribution in [0.3, 0.4) is 0 Å². The SMILES string of the molecule is C=CC12CCC[C@]1(F)CNC2. The second-order valence-electron chi connectivity index (χ2n) is 3.78. The Morgan fingerprint density at radius 3 is 2.82 bits per heavy atom. The molecule has 1 saturated heterocycles. The highest BCUT2D eigenvalue weighted by atomic mass is 19.1. The zero-order chi connectivity index (χ0) is 7.95. The van der Waals surface area contributed by atoms with Crippen LogP contribution in [-0.4, -0.2) is 18.8 Å². The van der Waals surface area contributed by atoms with Crippen LogP contribution < -0.4 is 5.32 Å². The van der Waals surface area contributed by atoms with E-state index < -0.39 is 5.67 Å². The van der Waals surface area contributed by atoms with Crippen molar-refractivity contribution in [1.29, 1.82) is 0 Å². The van der Waals surface area contributed by atoms with Gasteiger partial charge in [-0.1, -0.05) is 6.08 Å². The standard InChI is InChI=1S/C9H14FN/c1-2-8-4-3-5-9(8,10)7-11-6-8/h2,11H,1,3-7H2/t8?,9-/m0/s1. The smallest absolute Gasteiger partial charge is 0.133 e. The van der Waals surface area contributed by atoms with E-state index in [4.69, 9.17) is 0 Å². The van der Waals surface area contributed by atoms with E-state index in [2.05, 4.69) is 11.9 Å². The average Bonchev–Trinajstić information content (AvgIpc) is 2.41. The molecule has 1 unspecified atom stereocenters.